The van der Waals surface area contributed by atoms with E-state index in [9.17, 15) is 4.39 Å². The Morgan fingerprint density at radius 1 is 1.17 bits per heavy atom. The van der Waals surface area contributed by atoms with Crippen molar-refractivity contribution in [1.29, 1.82) is 0 Å². The number of aliphatic imine (C=N–C) groups is 1. The molecule has 0 fully saturated rings. The standard InChI is InChI=1S/C26H21FN2/c1-5-19-6-8-20(9-7-19)17(3)23-12-21-10-11-22(27)13-24(21)26(23)29-18(4)25-15-28-14-16(25)2/h1,6-11,13,15,29H,3-4,12,14H2,2H3. The van der Waals surface area contributed by atoms with Crippen LogP contribution in [-0.4, -0.2) is 12.8 Å². The van der Waals surface area contributed by atoms with E-state index in [2.05, 4.69) is 29.4 Å². The fourth-order valence-corrected chi connectivity index (χ4v) is 3.74. The fourth-order valence-electron chi connectivity index (χ4n) is 3.74. The van der Waals surface area contributed by atoms with Gasteiger partial charge in [0.15, 0.2) is 0 Å². The molecule has 4 rings (SSSR count). The predicted molar refractivity (Wildman–Crippen MR) is 119 cm³/mol. The maximum atomic E-state index is 14.0. The highest BCUT2D eigenvalue weighted by Gasteiger charge is 2.25. The van der Waals surface area contributed by atoms with E-state index in [4.69, 9.17) is 6.42 Å². The molecular formula is C26H21FN2. The van der Waals surface area contributed by atoms with Crippen LogP contribution in [0.15, 0.2) is 83.0 Å². The Bertz CT molecular complexity index is 1170. The van der Waals surface area contributed by atoms with Gasteiger partial charge in [-0.1, -0.05) is 37.3 Å². The molecule has 2 aromatic carbocycles. The molecule has 0 spiro atoms. The molecule has 0 bridgehead atoms. The maximum Gasteiger partial charge on any atom is 0.123 e. The van der Waals surface area contributed by atoms with Gasteiger partial charge in [0.1, 0.15) is 5.82 Å². The molecule has 0 unspecified atom stereocenters. The van der Waals surface area contributed by atoms with Crippen molar-refractivity contribution in [2.45, 2.75) is 13.3 Å². The van der Waals surface area contributed by atoms with Crippen LogP contribution >= 0.6 is 0 Å². The highest BCUT2D eigenvalue weighted by molar-refractivity contribution is 5.94. The largest absolute Gasteiger partial charge is 0.355 e. The van der Waals surface area contributed by atoms with Gasteiger partial charge in [0.2, 0.25) is 0 Å². The molecule has 1 aliphatic carbocycles. The highest BCUT2D eigenvalue weighted by Crippen LogP contribution is 2.39. The number of halogens is 1. The molecule has 2 aromatic rings. The molecule has 2 aliphatic rings. The summed E-state index contributed by atoms with van der Waals surface area (Å²) in [5.74, 6) is 2.36. The molecule has 0 amide bonds. The van der Waals surface area contributed by atoms with E-state index < -0.39 is 0 Å². The van der Waals surface area contributed by atoms with Gasteiger partial charge in [-0.2, -0.15) is 0 Å². The number of hydrogen-bond donors (Lipinski definition) is 1. The van der Waals surface area contributed by atoms with Crippen LogP contribution in [0.1, 0.15) is 29.2 Å². The van der Waals surface area contributed by atoms with Crippen LogP contribution in [0.4, 0.5) is 4.39 Å². The van der Waals surface area contributed by atoms with Gasteiger partial charge < -0.3 is 5.32 Å². The number of terminal acetylenes is 1. The quantitative estimate of drug-likeness (QED) is 0.700. The van der Waals surface area contributed by atoms with Crippen molar-refractivity contribution in [3.63, 3.8) is 0 Å². The number of hydrogen-bond acceptors (Lipinski definition) is 2. The van der Waals surface area contributed by atoms with E-state index in [0.29, 0.717) is 13.0 Å². The summed E-state index contributed by atoms with van der Waals surface area (Å²) >= 11 is 0. The van der Waals surface area contributed by atoms with E-state index in [-0.39, 0.29) is 5.82 Å². The van der Waals surface area contributed by atoms with Crippen molar-refractivity contribution >= 4 is 17.5 Å². The summed E-state index contributed by atoms with van der Waals surface area (Å²) in [5, 5.41) is 3.43. The SMILES string of the molecule is C#Cc1ccc(C(=C)C2=C(NC(=C)C3=C(C)CN=C3)c3cc(F)ccc3C2)cc1. The molecule has 0 aromatic heterocycles. The monoisotopic (exact) mass is 380 g/mol. The topological polar surface area (TPSA) is 24.4 Å². The molecule has 0 radical (unpaired) electrons. The number of fused-ring (bicyclic) bond motifs is 1. The fraction of sp³-hybridized carbons (Fsp3) is 0.115. The second-order valence-electron chi connectivity index (χ2n) is 7.30. The zero-order valence-corrected chi connectivity index (χ0v) is 16.3. The molecule has 2 nitrogen and oxygen atoms in total. The molecule has 0 saturated heterocycles. The summed E-state index contributed by atoms with van der Waals surface area (Å²) in [7, 11) is 0. The Labute approximate surface area is 170 Å². The minimum Gasteiger partial charge on any atom is -0.355 e. The first-order valence-electron chi connectivity index (χ1n) is 9.42. The number of nitrogens with one attached hydrogen (secondary N) is 1. The van der Waals surface area contributed by atoms with Gasteiger partial charge in [0.05, 0.1) is 12.2 Å². The summed E-state index contributed by atoms with van der Waals surface area (Å²) < 4.78 is 14.0. The van der Waals surface area contributed by atoms with Crippen molar-refractivity contribution in [2.75, 3.05) is 6.54 Å². The van der Waals surface area contributed by atoms with E-state index in [1.54, 1.807) is 6.07 Å². The van der Waals surface area contributed by atoms with E-state index in [1.807, 2.05) is 43.5 Å². The third-order valence-corrected chi connectivity index (χ3v) is 5.38. The Morgan fingerprint density at radius 2 is 1.93 bits per heavy atom. The lowest BCUT2D eigenvalue weighted by molar-refractivity contribution is 0.627. The molecule has 1 aliphatic heterocycles. The first-order valence-corrected chi connectivity index (χ1v) is 9.42. The number of rotatable bonds is 5. The summed E-state index contributed by atoms with van der Waals surface area (Å²) in [6.07, 6.45) is 7.97. The number of nitrogens with zero attached hydrogens (tertiary/aromatic N) is 1. The van der Waals surface area contributed by atoms with Gasteiger partial charge >= 0.3 is 0 Å². The second-order valence-corrected chi connectivity index (χ2v) is 7.30. The van der Waals surface area contributed by atoms with Crippen molar-refractivity contribution in [1.82, 2.24) is 5.32 Å². The molecule has 1 N–H and O–H groups in total. The van der Waals surface area contributed by atoms with Crippen LogP contribution in [0.3, 0.4) is 0 Å². The Hall–Kier alpha value is -3.64. The molecule has 142 valence electrons. The van der Waals surface area contributed by atoms with Crippen LogP contribution in [0.25, 0.3) is 11.3 Å². The maximum absolute atomic E-state index is 14.0. The van der Waals surface area contributed by atoms with Crippen LogP contribution in [-0.2, 0) is 6.42 Å². The third-order valence-electron chi connectivity index (χ3n) is 5.38. The molecule has 0 atom stereocenters. The van der Waals surface area contributed by atoms with Gasteiger partial charge in [0, 0.05) is 35.0 Å². The van der Waals surface area contributed by atoms with Gasteiger partial charge in [-0.15, -0.1) is 6.42 Å². The van der Waals surface area contributed by atoms with Crippen LogP contribution in [0, 0.1) is 18.2 Å². The lowest BCUT2D eigenvalue weighted by Gasteiger charge is -2.16. The minimum absolute atomic E-state index is 0.267. The summed E-state index contributed by atoms with van der Waals surface area (Å²) in [4.78, 5) is 4.31. The summed E-state index contributed by atoms with van der Waals surface area (Å²) in [5.41, 5.74) is 9.35. The van der Waals surface area contributed by atoms with Crippen molar-refractivity contribution in [2.24, 2.45) is 4.99 Å². The zero-order chi connectivity index (χ0) is 20.5. The lowest BCUT2D eigenvalue weighted by atomic mass is 9.96. The van der Waals surface area contributed by atoms with E-state index >= 15 is 0 Å². The summed E-state index contributed by atoms with van der Waals surface area (Å²) in [6.45, 7) is 11.2. The first kappa shape index (κ1) is 18.7. The number of benzene rings is 2. The predicted octanol–water partition coefficient (Wildman–Crippen LogP) is 5.29. The molecule has 1 heterocycles. The average molecular weight is 380 g/mol. The zero-order valence-electron chi connectivity index (χ0n) is 16.3. The Morgan fingerprint density at radius 3 is 2.59 bits per heavy atom. The average Bonchev–Trinajstić information content (AvgIpc) is 3.31. The van der Waals surface area contributed by atoms with Crippen LogP contribution < -0.4 is 5.32 Å². The molecule has 29 heavy (non-hydrogen) atoms. The van der Waals surface area contributed by atoms with Gasteiger partial charge in [-0.05, 0) is 59.0 Å². The van der Waals surface area contributed by atoms with Gasteiger partial charge in [-0.25, -0.2) is 4.39 Å². The van der Waals surface area contributed by atoms with Crippen molar-refractivity contribution in [3.05, 3.63) is 106 Å². The van der Waals surface area contributed by atoms with E-state index in [1.165, 1.54) is 6.07 Å². The van der Waals surface area contributed by atoms with Crippen LogP contribution in [0.5, 0.6) is 0 Å². The summed E-state index contributed by atoms with van der Waals surface area (Å²) in [6, 6.07) is 12.6. The second kappa shape index (κ2) is 7.41. The van der Waals surface area contributed by atoms with Gasteiger partial charge in [-0.3, -0.25) is 4.99 Å². The van der Waals surface area contributed by atoms with Crippen molar-refractivity contribution < 1.29 is 4.39 Å². The highest BCUT2D eigenvalue weighted by atomic mass is 19.1. The molecule has 3 heteroatoms. The smallest absolute Gasteiger partial charge is 0.123 e. The lowest BCUT2D eigenvalue weighted by Crippen LogP contribution is -2.14. The number of allylic oxidation sites excluding steroid dienone is 3. The van der Waals surface area contributed by atoms with Crippen LogP contribution in [0.2, 0.25) is 0 Å². The van der Waals surface area contributed by atoms with E-state index in [0.717, 1.165) is 55.9 Å². The molecular weight excluding hydrogens is 359 g/mol. The van der Waals surface area contributed by atoms with Gasteiger partial charge in [0.25, 0.3) is 0 Å². The third kappa shape index (κ3) is 3.46. The van der Waals surface area contributed by atoms with Crippen molar-refractivity contribution in [3.8, 4) is 12.3 Å². The normalized spacial score (nSPS) is 14.8. The Kier molecular flexibility index (Phi) is 4.78. The minimum atomic E-state index is -0.267. The molecule has 0 saturated carbocycles. The Balaban J connectivity index is 1.76. The first-order chi connectivity index (χ1) is 14.0.